The lowest BCUT2D eigenvalue weighted by Gasteiger charge is -2.18. The molecule has 31 heavy (non-hydrogen) atoms. The number of benzene rings is 2. The van der Waals surface area contributed by atoms with Gasteiger partial charge in [-0.3, -0.25) is 9.78 Å². The van der Waals surface area contributed by atoms with E-state index in [1.807, 2.05) is 35.2 Å². The van der Waals surface area contributed by atoms with Crippen LogP contribution in [-0.4, -0.2) is 48.7 Å². The molecule has 0 radical (unpaired) electrons. The highest BCUT2D eigenvalue weighted by Crippen LogP contribution is 2.26. The molecule has 1 fully saturated rings. The van der Waals surface area contributed by atoms with Crippen LogP contribution >= 0.6 is 0 Å². The van der Waals surface area contributed by atoms with Crippen molar-refractivity contribution in [2.45, 2.75) is 42.9 Å². The minimum atomic E-state index is -3.31. The van der Waals surface area contributed by atoms with Gasteiger partial charge in [-0.05, 0) is 43.7 Å². The average molecular weight is 439 g/mol. The third kappa shape index (κ3) is 4.56. The number of ether oxygens (including phenoxy) is 1. The van der Waals surface area contributed by atoms with Gasteiger partial charge in [-0.2, -0.15) is 0 Å². The second kappa shape index (κ2) is 8.67. The van der Waals surface area contributed by atoms with Crippen molar-refractivity contribution in [1.29, 1.82) is 0 Å². The van der Waals surface area contributed by atoms with Crippen molar-refractivity contribution in [3.8, 4) is 5.75 Å². The molecule has 0 saturated carbocycles. The number of hydrogen-bond donors (Lipinski definition) is 0. The lowest BCUT2D eigenvalue weighted by Crippen LogP contribution is -2.32. The first kappa shape index (κ1) is 21.3. The molecular weight excluding hydrogens is 412 g/mol. The van der Waals surface area contributed by atoms with Gasteiger partial charge >= 0.3 is 0 Å². The average Bonchev–Trinajstić information content (AvgIpc) is 3.23. The molecule has 0 spiro atoms. The Bertz CT molecular complexity index is 1180. The standard InChI is InChI=1S/C24H26N2O4S/c1-17(2)31(28,29)21-10-8-18(9-11-21)15-23(27)26-14-12-20(16-26)30-22-7-3-5-19-6-4-13-25-24(19)22/h3-11,13,17,20H,12,14-16H2,1-2H3. The number of carbonyl (C=O) groups is 1. The Morgan fingerprint density at radius 3 is 2.61 bits per heavy atom. The first-order valence-electron chi connectivity index (χ1n) is 10.5. The molecule has 1 atom stereocenters. The van der Waals surface area contributed by atoms with Gasteiger partial charge in [0, 0.05) is 24.5 Å². The van der Waals surface area contributed by atoms with E-state index >= 15 is 0 Å². The minimum Gasteiger partial charge on any atom is -0.486 e. The van der Waals surface area contributed by atoms with Gasteiger partial charge in [-0.1, -0.05) is 30.3 Å². The summed E-state index contributed by atoms with van der Waals surface area (Å²) in [6.45, 7) is 4.49. The van der Waals surface area contributed by atoms with Crippen LogP contribution in [0.2, 0.25) is 0 Å². The van der Waals surface area contributed by atoms with Crippen LogP contribution in [0.1, 0.15) is 25.8 Å². The van der Waals surface area contributed by atoms with Crippen LogP contribution in [0.25, 0.3) is 10.9 Å². The number of para-hydroxylation sites is 1. The van der Waals surface area contributed by atoms with Crippen molar-refractivity contribution in [3.63, 3.8) is 0 Å². The summed E-state index contributed by atoms with van der Waals surface area (Å²) >= 11 is 0. The van der Waals surface area contributed by atoms with E-state index in [1.54, 1.807) is 44.3 Å². The molecule has 4 rings (SSSR count). The van der Waals surface area contributed by atoms with Crippen LogP contribution < -0.4 is 4.74 Å². The van der Waals surface area contributed by atoms with Gasteiger partial charge in [0.2, 0.25) is 5.91 Å². The number of nitrogens with zero attached hydrogens (tertiary/aromatic N) is 2. The molecule has 3 aromatic rings. The minimum absolute atomic E-state index is 0.0154. The van der Waals surface area contributed by atoms with Crippen LogP contribution in [0.15, 0.2) is 65.7 Å². The van der Waals surface area contributed by atoms with E-state index in [2.05, 4.69) is 4.98 Å². The quantitative estimate of drug-likeness (QED) is 0.587. The molecule has 162 valence electrons. The van der Waals surface area contributed by atoms with Crippen molar-refractivity contribution in [1.82, 2.24) is 9.88 Å². The number of rotatable bonds is 6. The molecule has 6 nitrogen and oxygen atoms in total. The zero-order chi connectivity index (χ0) is 22.0. The second-order valence-electron chi connectivity index (χ2n) is 8.11. The van der Waals surface area contributed by atoms with Gasteiger partial charge in [-0.15, -0.1) is 0 Å². The van der Waals surface area contributed by atoms with Crippen LogP contribution in [0.3, 0.4) is 0 Å². The number of carbonyl (C=O) groups excluding carboxylic acids is 1. The van der Waals surface area contributed by atoms with E-state index in [1.165, 1.54) is 0 Å². The lowest BCUT2D eigenvalue weighted by molar-refractivity contribution is -0.129. The summed E-state index contributed by atoms with van der Waals surface area (Å²) in [6.07, 6.45) is 2.68. The number of pyridine rings is 1. The Morgan fingerprint density at radius 2 is 1.87 bits per heavy atom. The van der Waals surface area contributed by atoms with Crippen LogP contribution in [0, 0.1) is 0 Å². The normalized spacial score (nSPS) is 16.7. The molecule has 2 heterocycles. The molecule has 1 saturated heterocycles. The molecule has 0 bridgehead atoms. The third-order valence-corrected chi connectivity index (χ3v) is 7.79. The van der Waals surface area contributed by atoms with Gasteiger partial charge in [0.15, 0.2) is 9.84 Å². The number of likely N-dealkylation sites (tertiary alicyclic amines) is 1. The molecule has 1 aliphatic rings. The predicted octanol–water partition coefficient (Wildman–Crippen LogP) is 3.64. The molecule has 1 aromatic heterocycles. The van der Waals surface area contributed by atoms with Gasteiger partial charge < -0.3 is 9.64 Å². The summed E-state index contributed by atoms with van der Waals surface area (Å²) in [4.78, 5) is 19.3. The number of aromatic nitrogens is 1. The summed E-state index contributed by atoms with van der Waals surface area (Å²) in [5.74, 6) is 0.751. The van der Waals surface area contributed by atoms with Crippen LogP contribution in [-0.2, 0) is 21.1 Å². The fraction of sp³-hybridized carbons (Fsp3) is 0.333. The Hall–Kier alpha value is -2.93. The topological polar surface area (TPSA) is 76.6 Å². The largest absolute Gasteiger partial charge is 0.486 e. The van der Waals surface area contributed by atoms with E-state index in [0.29, 0.717) is 13.1 Å². The Labute approximate surface area is 182 Å². The zero-order valence-corrected chi connectivity index (χ0v) is 18.5. The van der Waals surface area contributed by atoms with E-state index in [4.69, 9.17) is 4.74 Å². The predicted molar refractivity (Wildman–Crippen MR) is 120 cm³/mol. The van der Waals surface area contributed by atoms with E-state index in [9.17, 15) is 13.2 Å². The molecule has 2 aromatic carbocycles. The third-order valence-electron chi connectivity index (χ3n) is 5.61. The zero-order valence-electron chi connectivity index (χ0n) is 17.7. The molecular formula is C24H26N2O4S. The molecule has 0 N–H and O–H groups in total. The second-order valence-corrected chi connectivity index (χ2v) is 10.6. The molecule has 7 heteroatoms. The highest BCUT2D eigenvalue weighted by molar-refractivity contribution is 7.92. The van der Waals surface area contributed by atoms with Gasteiger partial charge in [0.1, 0.15) is 17.4 Å². The molecule has 1 aliphatic heterocycles. The van der Waals surface area contributed by atoms with Crippen molar-refractivity contribution in [3.05, 3.63) is 66.4 Å². The number of sulfone groups is 1. The van der Waals surface area contributed by atoms with E-state index in [0.717, 1.165) is 28.6 Å². The molecule has 0 aliphatic carbocycles. The number of fused-ring (bicyclic) bond motifs is 1. The first-order valence-corrected chi connectivity index (χ1v) is 12.0. The van der Waals surface area contributed by atoms with Crippen LogP contribution in [0.5, 0.6) is 5.75 Å². The van der Waals surface area contributed by atoms with Crippen molar-refractivity contribution >= 4 is 26.6 Å². The Morgan fingerprint density at radius 1 is 1.13 bits per heavy atom. The molecule has 1 amide bonds. The maximum atomic E-state index is 12.8. The summed E-state index contributed by atoms with van der Waals surface area (Å²) in [5.41, 5.74) is 1.63. The summed E-state index contributed by atoms with van der Waals surface area (Å²) < 4.78 is 30.7. The maximum Gasteiger partial charge on any atom is 0.227 e. The SMILES string of the molecule is CC(C)S(=O)(=O)c1ccc(CC(=O)N2CCC(Oc3cccc4cccnc34)C2)cc1. The first-order chi connectivity index (χ1) is 14.8. The smallest absolute Gasteiger partial charge is 0.227 e. The van der Waals surface area contributed by atoms with E-state index in [-0.39, 0.29) is 23.3 Å². The monoisotopic (exact) mass is 438 g/mol. The maximum absolute atomic E-state index is 12.8. The Kier molecular flexibility index (Phi) is 5.96. The van der Waals surface area contributed by atoms with Gasteiger partial charge in [0.25, 0.3) is 0 Å². The fourth-order valence-electron chi connectivity index (χ4n) is 3.76. The van der Waals surface area contributed by atoms with Crippen molar-refractivity contribution in [2.24, 2.45) is 0 Å². The summed E-state index contributed by atoms with van der Waals surface area (Å²) in [6, 6.07) is 16.4. The van der Waals surface area contributed by atoms with Crippen molar-refractivity contribution in [2.75, 3.05) is 13.1 Å². The number of hydrogen-bond acceptors (Lipinski definition) is 5. The van der Waals surface area contributed by atoms with Crippen LogP contribution in [0.4, 0.5) is 0 Å². The summed E-state index contributed by atoms with van der Waals surface area (Å²) in [7, 11) is -3.31. The highest BCUT2D eigenvalue weighted by Gasteiger charge is 2.28. The molecule has 1 unspecified atom stereocenters. The number of amides is 1. The lowest BCUT2D eigenvalue weighted by atomic mass is 10.1. The summed E-state index contributed by atoms with van der Waals surface area (Å²) in [5, 5.41) is 0.548. The Balaban J connectivity index is 1.38. The van der Waals surface area contributed by atoms with Gasteiger partial charge in [0.05, 0.1) is 23.1 Å². The highest BCUT2D eigenvalue weighted by atomic mass is 32.2. The van der Waals surface area contributed by atoms with Crippen molar-refractivity contribution < 1.29 is 17.9 Å². The van der Waals surface area contributed by atoms with Gasteiger partial charge in [-0.25, -0.2) is 8.42 Å². The fourth-order valence-corrected chi connectivity index (χ4v) is 4.82. The van der Waals surface area contributed by atoms with E-state index < -0.39 is 15.1 Å².